The number of nitrogen functional groups attached to an aromatic ring is 1. The van der Waals surface area contributed by atoms with Gasteiger partial charge in [-0.3, -0.25) is 5.41 Å². The summed E-state index contributed by atoms with van der Waals surface area (Å²) in [6.07, 6.45) is 0. The number of amidine groups is 1. The third-order valence-electron chi connectivity index (χ3n) is 2.90. The van der Waals surface area contributed by atoms with Gasteiger partial charge in [0.25, 0.3) is 0 Å². The van der Waals surface area contributed by atoms with Crippen LogP contribution < -0.4 is 10.6 Å². The van der Waals surface area contributed by atoms with Gasteiger partial charge in [0.2, 0.25) is 0 Å². The van der Waals surface area contributed by atoms with Crippen molar-refractivity contribution in [1.29, 1.82) is 5.41 Å². The lowest BCUT2D eigenvalue weighted by Gasteiger charge is -2.22. The lowest BCUT2D eigenvalue weighted by atomic mass is 10.1. The van der Waals surface area contributed by atoms with Gasteiger partial charge in [0.1, 0.15) is 5.84 Å². The minimum atomic E-state index is 0.0651. The van der Waals surface area contributed by atoms with Gasteiger partial charge in [-0.25, -0.2) is 4.98 Å². The van der Waals surface area contributed by atoms with E-state index in [0.29, 0.717) is 0 Å². The van der Waals surface area contributed by atoms with Crippen LogP contribution in [-0.4, -0.2) is 17.9 Å². The molecule has 100 valence electrons. The Bertz CT molecular complexity index is 608. The van der Waals surface area contributed by atoms with Crippen molar-refractivity contribution in [2.24, 2.45) is 5.73 Å². The Morgan fingerprint density at radius 3 is 2.84 bits per heavy atom. The van der Waals surface area contributed by atoms with E-state index in [1.807, 2.05) is 37.7 Å². The van der Waals surface area contributed by atoms with Crippen molar-refractivity contribution in [3.8, 4) is 0 Å². The highest BCUT2D eigenvalue weighted by Crippen LogP contribution is 2.28. The fourth-order valence-electron chi connectivity index (χ4n) is 1.88. The fourth-order valence-corrected chi connectivity index (χ4v) is 3.27. The number of nitrogens with two attached hydrogens (primary N) is 1. The average Bonchev–Trinajstić information content (AvgIpc) is 2.74. The van der Waals surface area contributed by atoms with Gasteiger partial charge >= 0.3 is 0 Å². The summed E-state index contributed by atoms with van der Waals surface area (Å²) >= 11 is 5.09. The third kappa shape index (κ3) is 2.96. The molecule has 0 fully saturated rings. The largest absolute Gasteiger partial charge is 0.384 e. The summed E-state index contributed by atoms with van der Waals surface area (Å²) in [7, 11) is 1.99. The maximum absolute atomic E-state index is 7.71. The summed E-state index contributed by atoms with van der Waals surface area (Å²) in [5, 5.41) is 7.71. The monoisotopic (exact) mass is 338 g/mol. The summed E-state index contributed by atoms with van der Waals surface area (Å²) in [6.45, 7) is 2.76. The van der Waals surface area contributed by atoms with Gasteiger partial charge < -0.3 is 10.6 Å². The number of nitrogens with one attached hydrogen (secondary N) is 1. The minimum absolute atomic E-state index is 0.0651. The molecule has 0 amide bonds. The van der Waals surface area contributed by atoms with Crippen LogP contribution in [0.25, 0.3) is 0 Å². The van der Waals surface area contributed by atoms with Crippen molar-refractivity contribution in [3.63, 3.8) is 0 Å². The molecule has 0 unspecified atom stereocenters. The molecule has 2 rings (SSSR count). The number of thiazole rings is 1. The van der Waals surface area contributed by atoms with E-state index in [4.69, 9.17) is 11.1 Å². The van der Waals surface area contributed by atoms with Crippen LogP contribution in [0, 0.1) is 12.3 Å². The first-order valence-electron chi connectivity index (χ1n) is 5.73. The zero-order chi connectivity index (χ0) is 14.0. The van der Waals surface area contributed by atoms with Crippen molar-refractivity contribution in [1.82, 2.24) is 4.98 Å². The molecule has 0 saturated carbocycles. The van der Waals surface area contributed by atoms with E-state index in [0.717, 1.165) is 28.0 Å². The van der Waals surface area contributed by atoms with E-state index in [9.17, 15) is 0 Å². The number of hydrogen-bond acceptors (Lipinski definition) is 4. The summed E-state index contributed by atoms with van der Waals surface area (Å²) < 4.78 is 0.838. The quantitative estimate of drug-likeness (QED) is 0.664. The van der Waals surface area contributed by atoms with Crippen LogP contribution in [-0.2, 0) is 6.54 Å². The summed E-state index contributed by atoms with van der Waals surface area (Å²) in [5.74, 6) is 0.0651. The zero-order valence-electron chi connectivity index (χ0n) is 10.8. The Labute approximate surface area is 124 Å². The molecule has 4 nitrogen and oxygen atoms in total. The first-order valence-corrected chi connectivity index (χ1v) is 7.41. The molecule has 3 N–H and O–H groups in total. The van der Waals surface area contributed by atoms with E-state index in [2.05, 4.69) is 25.8 Å². The molecular weight excluding hydrogens is 324 g/mol. The second kappa shape index (κ2) is 5.71. The first kappa shape index (κ1) is 14.0. The molecule has 0 radical (unpaired) electrons. The van der Waals surface area contributed by atoms with Crippen LogP contribution in [0.3, 0.4) is 0 Å². The fraction of sp³-hybridized carbons (Fsp3) is 0.231. The zero-order valence-corrected chi connectivity index (χ0v) is 13.2. The lowest BCUT2D eigenvalue weighted by Crippen LogP contribution is -2.22. The maximum Gasteiger partial charge on any atom is 0.126 e. The van der Waals surface area contributed by atoms with Crippen LogP contribution in [0.15, 0.2) is 28.2 Å². The molecule has 2 aromatic rings. The van der Waals surface area contributed by atoms with Gasteiger partial charge in [-0.2, -0.15) is 0 Å². The van der Waals surface area contributed by atoms with E-state index in [-0.39, 0.29) is 5.84 Å². The molecule has 0 atom stereocenters. The Hall–Kier alpha value is -1.40. The van der Waals surface area contributed by atoms with E-state index in [1.54, 1.807) is 11.3 Å². The molecule has 1 heterocycles. The molecule has 0 aliphatic heterocycles. The Morgan fingerprint density at radius 2 is 2.26 bits per heavy atom. The Balaban J connectivity index is 2.34. The predicted molar refractivity (Wildman–Crippen MR) is 84.1 cm³/mol. The number of nitrogens with zero attached hydrogens (tertiary/aromatic N) is 2. The topological polar surface area (TPSA) is 66.0 Å². The molecule has 0 saturated heterocycles. The lowest BCUT2D eigenvalue weighted by molar-refractivity contribution is 0.923. The van der Waals surface area contributed by atoms with Crippen LogP contribution >= 0.6 is 27.3 Å². The van der Waals surface area contributed by atoms with Gasteiger partial charge in [0.05, 0.1) is 23.3 Å². The van der Waals surface area contributed by atoms with Gasteiger partial charge in [-0.05, 0) is 35.0 Å². The van der Waals surface area contributed by atoms with Crippen molar-refractivity contribution in [3.05, 3.63) is 44.3 Å². The number of hydrogen-bond donors (Lipinski definition) is 2. The molecule has 6 heteroatoms. The second-order valence-electron chi connectivity index (χ2n) is 4.26. The molecule has 1 aromatic carbocycles. The number of aromatic nitrogens is 1. The van der Waals surface area contributed by atoms with Crippen LogP contribution in [0.1, 0.15) is 16.1 Å². The predicted octanol–water partition coefficient (Wildman–Crippen LogP) is 3.13. The van der Waals surface area contributed by atoms with E-state index < -0.39 is 0 Å². The normalized spacial score (nSPS) is 10.5. The van der Waals surface area contributed by atoms with Gasteiger partial charge in [-0.1, -0.05) is 6.07 Å². The molecule has 19 heavy (non-hydrogen) atoms. The van der Waals surface area contributed by atoms with Gasteiger partial charge in [0.15, 0.2) is 0 Å². The number of halogens is 1. The number of anilines is 1. The highest BCUT2D eigenvalue weighted by molar-refractivity contribution is 9.10. The molecule has 0 bridgehead atoms. The Kier molecular flexibility index (Phi) is 4.21. The van der Waals surface area contributed by atoms with Crippen LogP contribution in [0.2, 0.25) is 0 Å². The van der Waals surface area contributed by atoms with Crippen molar-refractivity contribution < 1.29 is 0 Å². The summed E-state index contributed by atoms with van der Waals surface area (Å²) in [6, 6.07) is 5.81. The third-order valence-corrected chi connectivity index (χ3v) is 4.48. The highest BCUT2D eigenvalue weighted by Gasteiger charge is 2.14. The number of rotatable bonds is 4. The van der Waals surface area contributed by atoms with Crippen molar-refractivity contribution in [2.45, 2.75) is 13.5 Å². The smallest absolute Gasteiger partial charge is 0.126 e. The van der Waals surface area contributed by atoms with Gasteiger partial charge in [-0.15, -0.1) is 11.3 Å². The first-order chi connectivity index (χ1) is 9.00. The van der Waals surface area contributed by atoms with Crippen LogP contribution in [0.5, 0.6) is 0 Å². The summed E-state index contributed by atoms with van der Waals surface area (Å²) in [5.41, 5.74) is 10.2. The maximum atomic E-state index is 7.71. The number of benzene rings is 1. The standard InChI is InChI=1S/C13H15BrN4S/c1-8-11(19-7-17-8)6-18(2)10-5-3-4-9(14)12(10)13(15)16/h3-5,7H,6H2,1-2H3,(H3,15,16). The molecule has 1 aromatic heterocycles. The summed E-state index contributed by atoms with van der Waals surface area (Å²) in [4.78, 5) is 7.56. The van der Waals surface area contributed by atoms with Gasteiger partial charge in [0, 0.05) is 22.1 Å². The van der Waals surface area contributed by atoms with E-state index >= 15 is 0 Å². The number of aryl methyl sites for hydroxylation is 1. The molecule has 0 aliphatic carbocycles. The SMILES string of the molecule is Cc1ncsc1CN(C)c1cccc(Br)c1C(=N)N. The molecular formula is C13H15BrN4S. The molecule has 0 aliphatic rings. The molecule has 0 spiro atoms. The second-order valence-corrected chi connectivity index (χ2v) is 6.06. The Morgan fingerprint density at radius 1 is 1.53 bits per heavy atom. The van der Waals surface area contributed by atoms with E-state index in [1.165, 1.54) is 4.88 Å². The van der Waals surface area contributed by atoms with Crippen molar-refractivity contribution >= 4 is 38.8 Å². The van der Waals surface area contributed by atoms with Crippen molar-refractivity contribution in [2.75, 3.05) is 11.9 Å². The highest BCUT2D eigenvalue weighted by atomic mass is 79.9. The minimum Gasteiger partial charge on any atom is -0.384 e. The average molecular weight is 339 g/mol. The van der Waals surface area contributed by atoms with Crippen LogP contribution in [0.4, 0.5) is 5.69 Å².